The second-order valence-corrected chi connectivity index (χ2v) is 5.00. The number of benzene rings is 1. The zero-order valence-corrected chi connectivity index (χ0v) is 11.1. The molecule has 1 heterocycles. The molecule has 0 aliphatic carbocycles. The molecule has 2 N–H and O–H groups in total. The number of piperazine rings is 1. The van der Waals surface area contributed by atoms with Crippen molar-refractivity contribution in [2.75, 3.05) is 32.8 Å². The van der Waals surface area contributed by atoms with Crippen molar-refractivity contribution >= 4 is 15.9 Å². The van der Waals surface area contributed by atoms with Gasteiger partial charge in [0.1, 0.15) is 5.82 Å². The molecule has 0 unspecified atom stereocenters. The molecule has 2 rings (SSSR count). The molecule has 1 fully saturated rings. The predicted molar refractivity (Wildman–Crippen MR) is 68.4 cm³/mol. The Morgan fingerprint density at radius 3 is 2.76 bits per heavy atom. The van der Waals surface area contributed by atoms with Gasteiger partial charge in [0.05, 0.1) is 12.6 Å². The Balaban J connectivity index is 2.24. The van der Waals surface area contributed by atoms with Gasteiger partial charge >= 0.3 is 0 Å². The van der Waals surface area contributed by atoms with E-state index in [0.717, 1.165) is 36.2 Å². The summed E-state index contributed by atoms with van der Waals surface area (Å²) in [5.74, 6) is -0.267. The topological polar surface area (TPSA) is 35.5 Å². The molecule has 0 radical (unpaired) electrons. The van der Waals surface area contributed by atoms with Crippen LogP contribution in [0.1, 0.15) is 11.6 Å². The van der Waals surface area contributed by atoms with Crippen LogP contribution in [0.4, 0.5) is 4.39 Å². The first-order valence-corrected chi connectivity index (χ1v) is 6.52. The van der Waals surface area contributed by atoms with Gasteiger partial charge in [-0.3, -0.25) is 4.90 Å². The average Bonchev–Trinajstić information content (AvgIpc) is 2.36. The van der Waals surface area contributed by atoms with Crippen molar-refractivity contribution in [1.29, 1.82) is 0 Å². The van der Waals surface area contributed by atoms with Crippen LogP contribution in [0, 0.1) is 5.82 Å². The number of aliphatic hydroxyl groups is 1. The molecular formula is C12H16BrFN2O. The van der Waals surface area contributed by atoms with E-state index in [1.54, 1.807) is 6.07 Å². The molecule has 1 aromatic carbocycles. The fourth-order valence-electron chi connectivity index (χ4n) is 2.17. The molecule has 0 aromatic heterocycles. The van der Waals surface area contributed by atoms with Gasteiger partial charge < -0.3 is 10.4 Å². The second kappa shape index (κ2) is 5.91. The Hall–Kier alpha value is -0.490. The monoisotopic (exact) mass is 302 g/mol. The molecule has 5 heteroatoms. The molecule has 1 aliphatic heterocycles. The largest absolute Gasteiger partial charge is 0.394 e. The van der Waals surface area contributed by atoms with Crippen molar-refractivity contribution in [3.63, 3.8) is 0 Å². The van der Waals surface area contributed by atoms with Gasteiger partial charge in [-0.15, -0.1) is 0 Å². The van der Waals surface area contributed by atoms with Crippen LogP contribution in [0.25, 0.3) is 0 Å². The van der Waals surface area contributed by atoms with Gasteiger partial charge in [-0.1, -0.05) is 15.9 Å². The minimum atomic E-state index is -0.267. The van der Waals surface area contributed by atoms with E-state index in [4.69, 9.17) is 0 Å². The molecule has 0 amide bonds. The lowest BCUT2D eigenvalue weighted by Gasteiger charge is -2.34. The highest BCUT2D eigenvalue weighted by atomic mass is 79.9. The Morgan fingerprint density at radius 2 is 2.12 bits per heavy atom. The zero-order chi connectivity index (χ0) is 12.3. The molecule has 0 saturated carbocycles. The summed E-state index contributed by atoms with van der Waals surface area (Å²) in [7, 11) is 0. The van der Waals surface area contributed by atoms with Crippen LogP contribution >= 0.6 is 15.9 Å². The number of nitrogens with one attached hydrogen (secondary N) is 1. The molecule has 17 heavy (non-hydrogen) atoms. The van der Waals surface area contributed by atoms with Crippen molar-refractivity contribution in [2.24, 2.45) is 0 Å². The molecule has 3 nitrogen and oxygen atoms in total. The summed E-state index contributed by atoms with van der Waals surface area (Å²) in [4.78, 5) is 2.18. The van der Waals surface area contributed by atoms with E-state index in [9.17, 15) is 9.50 Å². The quantitative estimate of drug-likeness (QED) is 0.889. The third-order valence-corrected chi connectivity index (χ3v) is 3.80. The normalized spacial score (nSPS) is 19.2. The number of rotatable bonds is 3. The highest BCUT2D eigenvalue weighted by Gasteiger charge is 2.23. The van der Waals surface area contributed by atoms with Crippen molar-refractivity contribution < 1.29 is 9.50 Å². The summed E-state index contributed by atoms with van der Waals surface area (Å²) >= 11 is 3.42. The number of aliphatic hydroxyl groups excluding tert-OH is 1. The van der Waals surface area contributed by atoms with Crippen LogP contribution in [0.2, 0.25) is 0 Å². The number of hydrogen-bond acceptors (Lipinski definition) is 3. The van der Waals surface area contributed by atoms with Gasteiger partial charge in [-0.2, -0.15) is 0 Å². The third kappa shape index (κ3) is 3.04. The van der Waals surface area contributed by atoms with Crippen molar-refractivity contribution in [3.05, 3.63) is 34.1 Å². The Kier molecular flexibility index (Phi) is 4.50. The smallest absolute Gasteiger partial charge is 0.123 e. The number of hydrogen-bond donors (Lipinski definition) is 2. The lowest BCUT2D eigenvalue weighted by atomic mass is 10.1. The van der Waals surface area contributed by atoms with E-state index in [1.807, 2.05) is 0 Å². The van der Waals surface area contributed by atoms with Gasteiger partial charge in [0.25, 0.3) is 0 Å². The molecule has 0 spiro atoms. The second-order valence-electron chi connectivity index (χ2n) is 4.15. The fraction of sp³-hybridized carbons (Fsp3) is 0.500. The van der Waals surface area contributed by atoms with Gasteiger partial charge in [0, 0.05) is 30.7 Å². The minimum Gasteiger partial charge on any atom is -0.394 e. The summed E-state index contributed by atoms with van der Waals surface area (Å²) in [5, 5.41) is 12.8. The van der Waals surface area contributed by atoms with E-state index >= 15 is 0 Å². The fourth-order valence-corrected chi connectivity index (χ4v) is 2.69. The van der Waals surface area contributed by atoms with Crippen LogP contribution in [-0.2, 0) is 0 Å². The van der Waals surface area contributed by atoms with Gasteiger partial charge in [0.2, 0.25) is 0 Å². The molecule has 1 saturated heterocycles. The van der Waals surface area contributed by atoms with Crippen LogP contribution in [0.5, 0.6) is 0 Å². The van der Waals surface area contributed by atoms with Crippen LogP contribution < -0.4 is 5.32 Å². The lowest BCUT2D eigenvalue weighted by molar-refractivity contribution is 0.110. The summed E-state index contributed by atoms with van der Waals surface area (Å²) in [6, 6.07) is 4.46. The van der Waals surface area contributed by atoms with Crippen LogP contribution in [0.3, 0.4) is 0 Å². The van der Waals surface area contributed by atoms with E-state index in [1.165, 1.54) is 12.1 Å². The van der Waals surface area contributed by atoms with E-state index in [2.05, 4.69) is 26.1 Å². The summed E-state index contributed by atoms with van der Waals surface area (Å²) in [6.45, 7) is 3.55. The Labute approximate surface area is 109 Å². The first kappa shape index (κ1) is 13.0. The summed E-state index contributed by atoms with van der Waals surface area (Å²) in [6.07, 6.45) is 0. The Bertz CT molecular complexity index is 383. The molecule has 1 atom stereocenters. The molecule has 94 valence electrons. The molecular weight excluding hydrogens is 287 g/mol. The van der Waals surface area contributed by atoms with E-state index < -0.39 is 0 Å². The molecule has 0 bridgehead atoms. The highest BCUT2D eigenvalue weighted by Crippen LogP contribution is 2.28. The van der Waals surface area contributed by atoms with Crippen molar-refractivity contribution in [1.82, 2.24) is 10.2 Å². The van der Waals surface area contributed by atoms with Crippen molar-refractivity contribution in [2.45, 2.75) is 6.04 Å². The van der Waals surface area contributed by atoms with Crippen LogP contribution in [-0.4, -0.2) is 42.8 Å². The maximum atomic E-state index is 13.3. The number of halogens is 2. The van der Waals surface area contributed by atoms with Crippen LogP contribution in [0.15, 0.2) is 22.7 Å². The summed E-state index contributed by atoms with van der Waals surface area (Å²) < 4.78 is 14.1. The van der Waals surface area contributed by atoms with Gasteiger partial charge in [-0.05, 0) is 23.8 Å². The first-order valence-electron chi connectivity index (χ1n) is 5.73. The average molecular weight is 303 g/mol. The standard InChI is InChI=1S/C12H16BrFN2O/c13-11-2-1-9(14)7-10(11)12(8-17)16-5-3-15-4-6-16/h1-2,7,12,15,17H,3-6,8H2/t12-/m1/s1. The molecule has 1 aromatic rings. The third-order valence-electron chi connectivity index (χ3n) is 3.08. The predicted octanol–water partition coefficient (Wildman–Crippen LogP) is 1.53. The summed E-state index contributed by atoms with van der Waals surface area (Å²) in [5.41, 5.74) is 0.814. The van der Waals surface area contributed by atoms with Gasteiger partial charge in [-0.25, -0.2) is 4.39 Å². The first-order chi connectivity index (χ1) is 8.22. The minimum absolute atomic E-state index is 0.00204. The number of nitrogens with zero attached hydrogens (tertiary/aromatic N) is 1. The van der Waals surface area contributed by atoms with Gasteiger partial charge in [0.15, 0.2) is 0 Å². The maximum absolute atomic E-state index is 13.3. The lowest BCUT2D eigenvalue weighted by Crippen LogP contribution is -2.46. The Morgan fingerprint density at radius 1 is 1.41 bits per heavy atom. The zero-order valence-electron chi connectivity index (χ0n) is 9.50. The maximum Gasteiger partial charge on any atom is 0.123 e. The van der Waals surface area contributed by atoms with E-state index in [0.29, 0.717) is 0 Å². The SMILES string of the molecule is OC[C@H](c1cc(F)ccc1Br)N1CCNCC1. The van der Waals surface area contributed by atoms with E-state index in [-0.39, 0.29) is 18.5 Å². The molecule has 1 aliphatic rings. The van der Waals surface area contributed by atoms with Crippen molar-refractivity contribution in [3.8, 4) is 0 Å². The highest BCUT2D eigenvalue weighted by molar-refractivity contribution is 9.10.